The maximum atomic E-state index is 12.8. The zero-order chi connectivity index (χ0) is 14.7. The van der Waals surface area contributed by atoms with Gasteiger partial charge in [0.15, 0.2) is 0 Å². The van der Waals surface area contributed by atoms with Crippen LogP contribution in [0.5, 0.6) is 0 Å². The van der Waals surface area contributed by atoms with Crippen LogP contribution in [0.3, 0.4) is 0 Å². The number of halogens is 2. The van der Waals surface area contributed by atoms with Crippen LogP contribution >= 0.6 is 24.8 Å². The topological polar surface area (TPSA) is 49.6 Å². The number of amides is 1. The highest BCUT2D eigenvalue weighted by Gasteiger charge is 2.42. The second kappa shape index (κ2) is 8.76. The van der Waals surface area contributed by atoms with Gasteiger partial charge in [0, 0.05) is 38.4 Å². The highest BCUT2D eigenvalue weighted by Crippen LogP contribution is 2.39. The molecule has 2 fully saturated rings. The summed E-state index contributed by atoms with van der Waals surface area (Å²) in [5.74, 6) is 0.301. The largest absolute Gasteiger partial charge is 0.368 e. The van der Waals surface area contributed by atoms with Crippen molar-refractivity contribution in [3.05, 3.63) is 30.3 Å². The van der Waals surface area contributed by atoms with Gasteiger partial charge in [-0.2, -0.15) is 0 Å². The summed E-state index contributed by atoms with van der Waals surface area (Å²) >= 11 is 0. The van der Waals surface area contributed by atoms with Crippen LogP contribution in [0, 0.1) is 5.41 Å². The summed E-state index contributed by atoms with van der Waals surface area (Å²) in [5.41, 5.74) is 6.93. The Hall–Kier alpha value is -0.970. The van der Waals surface area contributed by atoms with Crippen LogP contribution in [0.2, 0.25) is 0 Å². The quantitative estimate of drug-likeness (QED) is 0.902. The van der Waals surface area contributed by atoms with Crippen LogP contribution in [-0.4, -0.2) is 43.5 Å². The number of anilines is 1. The fourth-order valence-corrected chi connectivity index (χ4v) is 3.70. The molecule has 0 unspecified atom stereocenters. The minimum Gasteiger partial charge on any atom is -0.368 e. The zero-order valence-corrected chi connectivity index (χ0v) is 15.1. The molecule has 2 N–H and O–H groups in total. The molecule has 1 saturated carbocycles. The SMILES string of the molecule is Cl.Cl.NCC1(C(=O)N2CCN(c3ccccc3)CC2)CCCC1. The summed E-state index contributed by atoms with van der Waals surface area (Å²) in [6, 6.07) is 10.4. The molecule has 0 aromatic heterocycles. The maximum Gasteiger partial charge on any atom is 0.230 e. The lowest BCUT2D eigenvalue weighted by atomic mass is 9.84. The van der Waals surface area contributed by atoms with Crippen molar-refractivity contribution in [2.75, 3.05) is 37.6 Å². The summed E-state index contributed by atoms with van der Waals surface area (Å²) in [6.07, 6.45) is 4.24. The Kier molecular flexibility index (Phi) is 7.65. The lowest BCUT2D eigenvalue weighted by Crippen LogP contribution is -2.54. The first-order chi connectivity index (χ1) is 10.2. The summed E-state index contributed by atoms with van der Waals surface area (Å²) < 4.78 is 0. The predicted octanol–water partition coefficient (Wildman–Crippen LogP) is 2.70. The van der Waals surface area contributed by atoms with E-state index in [1.54, 1.807) is 0 Å². The molecule has 1 heterocycles. The molecule has 1 aromatic carbocycles. The van der Waals surface area contributed by atoms with Crippen LogP contribution < -0.4 is 10.6 Å². The summed E-state index contributed by atoms with van der Waals surface area (Å²) in [7, 11) is 0. The molecule has 1 amide bonds. The second-order valence-electron chi connectivity index (χ2n) is 6.31. The Morgan fingerprint density at radius 1 is 1.00 bits per heavy atom. The van der Waals surface area contributed by atoms with Crippen molar-refractivity contribution in [3.63, 3.8) is 0 Å². The number of benzene rings is 1. The van der Waals surface area contributed by atoms with Crippen LogP contribution in [0.15, 0.2) is 30.3 Å². The minimum atomic E-state index is -0.255. The third-order valence-electron chi connectivity index (χ3n) is 5.09. The highest BCUT2D eigenvalue weighted by molar-refractivity contribution is 5.85. The van der Waals surface area contributed by atoms with Crippen LogP contribution in [-0.2, 0) is 4.79 Å². The molecule has 0 spiro atoms. The molecular formula is C17H27Cl2N3O. The first-order valence-electron chi connectivity index (χ1n) is 8.05. The summed E-state index contributed by atoms with van der Waals surface area (Å²) in [6.45, 7) is 3.96. The number of piperazine rings is 1. The van der Waals surface area contributed by atoms with Crippen molar-refractivity contribution in [3.8, 4) is 0 Å². The molecule has 1 aliphatic heterocycles. The fraction of sp³-hybridized carbons (Fsp3) is 0.588. The first kappa shape index (κ1) is 20.1. The molecule has 0 atom stereocenters. The lowest BCUT2D eigenvalue weighted by Gasteiger charge is -2.40. The van der Waals surface area contributed by atoms with Gasteiger partial charge in [0.1, 0.15) is 0 Å². The monoisotopic (exact) mass is 359 g/mol. The Labute approximate surface area is 151 Å². The van der Waals surface area contributed by atoms with Crippen LogP contribution in [0.4, 0.5) is 5.69 Å². The van der Waals surface area contributed by atoms with E-state index in [0.717, 1.165) is 51.9 Å². The number of hydrogen-bond acceptors (Lipinski definition) is 3. The minimum absolute atomic E-state index is 0. The van der Waals surface area contributed by atoms with E-state index in [1.165, 1.54) is 5.69 Å². The molecule has 2 aliphatic rings. The first-order valence-corrected chi connectivity index (χ1v) is 8.05. The van der Waals surface area contributed by atoms with Crippen molar-refractivity contribution in [1.82, 2.24) is 4.90 Å². The molecule has 1 aliphatic carbocycles. The molecule has 4 nitrogen and oxygen atoms in total. The molecule has 1 saturated heterocycles. The lowest BCUT2D eigenvalue weighted by molar-refractivity contribution is -0.141. The molecule has 0 bridgehead atoms. The van der Waals surface area contributed by atoms with E-state index in [0.29, 0.717) is 12.5 Å². The number of nitrogens with two attached hydrogens (primary N) is 1. The highest BCUT2D eigenvalue weighted by atomic mass is 35.5. The maximum absolute atomic E-state index is 12.8. The van der Waals surface area contributed by atoms with Gasteiger partial charge in [0.05, 0.1) is 5.41 Å². The molecule has 130 valence electrons. The number of hydrogen-bond donors (Lipinski definition) is 1. The van der Waals surface area contributed by atoms with Gasteiger partial charge >= 0.3 is 0 Å². The van der Waals surface area contributed by atoms with E-state index in [1.807, 2.05) is 11.0 Å². The van der Waals surface area contributed by atoms with E-state index in [4.69, 9.17) is 5.73 Å². The predicted molar refractivity (Wildman–Crippen MR) is 99.7 cm³/mol. The molecule has 1 aromatic rings. The zero-order valence-electron chi connectivity index (χ0n) is 13.4. The Morgan fingerprint density at radius 2 is 1.57 bits per heavy atom. The number of carbonyl (C=O) groups excluding carboxylic acids is 1. The van der Waals surface area contributed by atoms with Gasteiger partial charge < -0.3 is 15.5 Å². The van der Waals surface area contributed by atoms with Crippen molar-refractivity contribution < 1.29 is 4.79 Å². The van der Waals surface area contributed by atoms with E-state index in [2.05, 4.69) is 29.2 Å². The van der Waals surface area contributed by atoms with Gasteiger partial charge in [-0.05, 0) is 25.0 Å². The fourth-order valence-electron chi connectivity index (χ4n) is 3.70. The Balaban J connectivity index is 0.00000132. The third kappa shape index (κ3) is 4.11. The molecule has 3 rings (SSSR count). The van der Waals surface area contributed by atoms with Gasteiger partial charge in [-0.3, -0.25) is 4.79 Å². The molecule has 0 radical (unpaired) electrons. The third-order valence-corrected chi connectivity index (χ3v) is 5.09. The number of rotatable bonds is 3. The van der Waals surface area contributed by atoms with Crippen molar-refractivity contribution in [2.24, 2.45) is 11.1 Å². The van der Waals surface area contributed by atoms with Gasteiger partial charge in [-0.25, -0.2) is 0 Å². The molecule has 6 heteroatoms. The standard InChI is InChI=1S/C17H25N3O.2ClH/c18-14-17(8-4-5-9-17)16(21)20-12-10-19(11-13-20)15-6-2-1-3-7-15;;/h1-3,6-7H,4-5,8-14,18H2;2*1H. The van der Waals surface area contributed by atoms with Crippen LogP contribution in [0.25, 0.3) is 0 Å². The van der Waals surface area contributed by atoms with E-state index in [-0.39, 0.29) is 30.2 Å². The van der Waals surface area contributed by atoms with Gasteiger partial charge in [-0.15, -0.1) is 24.8 Å². The number of para-hydroxylation sites is 1. The summed E-state index contributed by atoms with van der Waals surface area (Å²) in [5, 5.41) is 0. The van der Waals surface area contributed by atoms with Crippen molar-refractivity contribution in [2.45, 2.75) is 25.7 Å². The normalized spacial score (nSPS) is 19.7. The van der Waals surface area contributed by atoms with Gasteiger partial charge in [0.25, 0.3) is 0 Å². The Bertz CT molecular complexity index is 484. The average Bonchev–Trinajstić information content (AvgIpc) is 3.05. The van der Waals surface area contributed by atoms with E-state index in [9.17, 15) is 4.79 Å². The smallest absolute Gasteiger partial charge is 0.230 e. The average molecular weight is 360 g/mol. The van der Waals surface area contributed by atoms with E-state index < -0.39 is 0 Å². The van der Waals surface area contributed by atoms with E-state index >= 15 is 0 Å². The van der Waals surface area contributed by atoms with Crippen molar-refractivity contribution in [1.29, 1.82) is 0 Å². The number of nitrogens with zero attached hydrogens (tertiary/aromatic N) is 2. The Morgan fingerprint density at radius 3 is 2.09 bits per heavy atom. The number of carbonyl (C=O) groups is 1. The molecular weight excluding hydrogens is 333 g/mol. The van der Waals surface area contributed by atoms with Gasteiger partial charge in [-0.1, -0.05) is 31.0 Å². The van der Waals surface area contributed by atoms with Crippen LogP contribution in [0.1, 0.15) is 25.7 Å². The van der Waals surface area contributed by atoms with Gasteiger partial charge in [0.2, 0.25) is 5.91 Å². The van der Waals surface area contributed by atoms with Crippen molar-refractivity contribution >= 4 is 36.4 Å². The molecule has 23 heavy (non-hydrogen) atoms. The second-order valence-corrected chi connectivity index (χ2v) is 6.31. The summed E-state index contributed by atoms with van der Waals surface area (Å²) in [4.78, 5) is 17.2.